The number of aryl methyl sites for hydroxylation is 1. The van der Waals surface area contributed by atoms with Crippen LogP contribution in [0.25, 0.3) is 10.9 Å². The van der Waals surface area contributed by atoms with Crippen molar-refractivity contribution in [1.29, 1.82) is 0 Å². The van der Waals surface area contributed by atoms with Gasteiger partial charge in [0.15, 0.2) is 5.15 Å². The predicted octanol–water partition coefficient (Wildman–Crippen LogP) is 3.03. The summed E-state index contributed by atoms with van der Waals surface area (Å²) in [6.07, 6.45) is 1.06. The number of hydrogen-bond acceptors (Lipinski definition) is 2. The van der Waals surface area contributed by atoms with E-state index in [9.17, 15) is 0 Å². The smallest absolute Gasteiger partial charge is 0.158 e. The molecular weight excluding hydrogens is 234 g/mol. The summed E-state index contributed by atoms with van der Waals surface area (Å²) in [6.45, 7) is 3.11. The van der Waals surface area contributed by atoms with Crippen molar-refractivity contribution < 1.29 is 0 Å². The molecular formula is C13H18ClN3. The Morgan fingerprint density at radius 1 is 1.35 bits per heavy atom. The van der Waals surface area contributed by atoms with Crippen molar-refractivity contribution in [2.24, 2.45) is 0 Å². The number of fused-ring (bicyclic) bond motifs is 1. The molecule has 0 saturated carbocycles. The Kier molecular flexibility index (Phi) is 3.69. The molecule has 0 saturated heterocycles. The van der Waals surface area contributed by atoms with E-state index in [1.54, 1.807) is 0 Å². The van der Waals surface area contributed by atoms with E-state index in [1.165, 1.54) is 0 Å². The Hall–Kier alpha value is -1.06. The first kappa shape index (κ1) is 12.4. The normalized spacial score (nSPS) is 13.5. The lowest BCUT2D eigenvalue weighted by Crippen LogP contribution is -2.26. The minimum atomic E-state index is 0.539. The molecule has 3 nitrogen and oxygen atoms in total. The highest BCUT2D eigenvalue weighted by molar-refractivity contribution is 6.34. The van der Waals surface area contributed by atoms with Crippen LogP contribution in [0.4, 0.5) is 0 Å². The van der Waals surface area contributed by atoms with Crippen molar-refractivity contribution in [2.75, 3.05) is 14.1 Å². The molecule has 92 valence electrons. The molecule has 0 aliphatic carbocycles. The van der Waals surface area contributed by atoms with Gasteiger partial charge in [0.25, 0.3) is 0 Å². The second-order valence-corrected chi connectivity index (χ2v) is 4.99. The molecule has 0 bridgehead atoms. The Morgan fingerprint density at radius 2 is 2.06 bits per heavy atom. The molecule has 17 heavy (non-hydrogen) atoms. The third kappa shape index (κ3) is 2.61. The van der Waals surface area contributed by atoms with Crippen LogP contribution in [-0.4, -0.2) is 34.8 Å². The molecule has 0 amide bonds. The van der Waals surface area contributed by atoms with Crippen molar-refractivity contribution in [3.05, 3.63) is 29.4 Å². The first-order valence-electron chi connectivity index (χ1n) is 5.87. The number of para-hydroxylation sites is 1. The maximum absolute atomic E-state index is 6.11. The molecule has 2 aromatic rings. The summed E-state index contributed by atoms with van der Waals surface area (Å²) in [5.41, 5.74) is 1.11. The van der Waals surface area contributed by atoms with Gasteiger partial charge in [-0.05, 0) is 39.6 Å². The molecule has 1 atom stereocenters. The standard InChI is InChI=1S/C13H18ClN3/c1-10(16(2)3)8-9-17-12-7-5-4-6-11(12)13(14)15-17/h4-7,10H,8-9H2,1-3H3. The van der Waals surface area contributed by atoms with Gasteiger partial charge in [0, 0.05) is 18.0 Å². The summed E-state index contributed by atoms with van der Waals surface area (Å²) < 4.78 is 2.00. The average molecular weight is 252 g/mol. The van der Waals surface area contributed by atoms with E-state index in [0.717, 1.165) is 23.9 Å². The maximum atomic E-state index is 6.11. The number of rotatable bonds is 4. The Morgan fingerprint density at radius 3 is 2.76 bits per heavy atom. The topological polar surface area (TPSA) is 21.1 Å². The fourth-order valence-electron chi connectivity index (χ4n) is 1.82. The number of benzene rings is 1. The third-order valence-corrected chi connectivity index (χ3v) is 3.53. The van der Waals surface area contributed by atoms with Crippen LogP contribution < -0.4 is 0 Å². The van der Waals surface area contributed by atoms with E-state index < -0.39 is 0 Å². The van der Waals surface area contributed by atoms with Gasteiger partial charge >= 0.3 is 0 Å². The lowest BCUT2D eigenvalue weighted by molar-refractivity contribution is 0.286. The van der Waals surface area contributed by atoms with E-state index in [2.05, 4.69) is 37.1 Å². The molecule has 4 heteroatoms. The molecule has 0 aliphatic rings. The fraction of sp³-hybridized carbons (Fsp3) is 0.462. The van der Waals surface area contributed by atoms with Crippen LogP contribution in [0.2, 0.25) is 5.15 Å². The number of nitrogens with zero attached hydrogens (tertiary/aromatic N) is 3. The Balaban J connectivity index is 2.19. The second kappa shape index (κ2) is 5.07. The molecule has 1 heterocycles. The van der Waals surface area contributed by atoms with Crippen molar-refractivity contribution in [2.45, 2.75) is 25.9 Å². The van der Waals surface area contributed by atoms with Gasteiger partial charge in [0.05, 0.1) is 5.52 Å². The van der Waals surface area contributed by atoms with Gasteiger partial charge in [-0.2, -0.15) is 5.10 Å². The van der Waals surface area contributed by atoms with Crippen molar-refractivity contribution in [1.82, 2.24) is 14.7 Å². The quantitative estimate of drug-likeness (QED) is 0.833. The maximum Gasteiger partial charge on any atom is 0.158 e. The predicted molar refractivity (Wildman–Crippen MR) is 72.5 cm³/mol. The largest absolute Gasteiger partial charge is 0.307 e. The monoisotopic (exact) mass is 251 g/mol. The van der Waals surface area contributed by atoms with Crippen LogP contribution in [0.5, 0.6) is 0 Å². The fourth-order valence-corrected chi connectivity index (χ4v) is 2.08. The number of halogens is 1. The van der Waals surface area contributed by atoms with Crippen LogP contribution in [-0.2, 0) is 6.54 Å². The first-order chi connectivity index (χ1) is 8.09. The molecule has 1 aromatic carbocycles. The molecule has 2 rings (SSSR count). The minimum absolute atomic E-state index is 0.539. The molecule has 1 aromatic heterocycles. The van der Waals surface area contributed by atoms with E-state index in [-0.39, 0.29) is 0 Å². The number of aromatic nitrogens is 2. The zero-order valence-corrected chi connectivity index (χ0v) is 11.3. The zero-order chi connectivity index (χ0) is 12.4. The van der Waals surface area contributed by atoms with Crippen LogP contribution in [0.3, 0.4) is 0 Å². The van der Waals surface area contributed by atoms with Gasteiger partial charge in [-0.1, -0.05) is 23.7 Å². The summed E-state index contributed by atoms with van der Waals surface area (Å²) in [5, 5.41) is 6.01. The van der Waals surface area contributed by atoms with Crippen LogP contribution in [0.15, 0.2) is 24.3 Å². The average Bonchev–Trinajstić information content (AvgIpc) is 2.64. The summed E-state index contributed by atoms with van der Waals surface area (Å²) in [6, 6.07) is 8.62. The van der Waals surface area contributed by atoms with Gasteiger partial charge in [0.1, 0.15) is 0 Å². The van der Waals surface area contributed by atoms with E-state index in [1.807, 2.05) is 22.9 Å². The molecule has 0 aliphatic heterocycles. The van der Waals surface area contributed by atoms with E-state index >= 15 is 0 Å². The Bertz CT molecular complexity index is 504. The third-order valence-electron chi connectivity index (χ3n) is 3.25. The second-order valence-electron chi connectivity index (χ2n) is 4.63. The van der Waals surface area contributed by atoms with Gasteiger partial charge in [0.2, 0.25) is 0 Å². The molecule has 0 N–H and O–H groups in total. The van der Waals surface area contributed by atoms with Crippen LogP contribution >= 0.6 is 11.6 Å². The SMILES string of the molecule is CC(CCn1nc(Cl)c2ccccc21)N(C)C. The summed E-state index contributed by atoms with van der Waals surface area (Å²) in [5.74, 6) is 0. The van der Waals surface area contributed by atoms with Crippen molar-refractivity contribution in [3.8, 4) is 0 Å². The number of hydrogen-bond donors (Lipinski definition) is 0. The molecule has 0 spiro atoms. The van der Waals surface area contributed by atoms with Gasteiger partial charge in [-0.15, -0.1) is 0 Å². The first-order valence-corrected chi connectivity index (χ1v) is 6.25. The van der Waals surface area contributed by atoms with Gasteiger partial charge < -0.3 is 4.90 Å². The van der Waals surface area contributed by atoms with E-state index in [4.69, 9.17) is 11.6 Å². The van der Waals surface area contributed by atoms with Crippen LogP contribution in [0, 0.1) is 0 Å². The molecule has 0 fully saturated rings. The Labute approximate surface area is 107 Å². The highest BCUT2D eigenvalue weighted by atomic mass is 35.5. The summed E-state index contributed by atoms with van der Waals surface area (Å²) in [7, 11) is 4.19. The summed E-state index contributed by atoms with van der Waals surface area (Å²) in [4.78, 5) is 2.22. The van der Waals surface area contributed by atoms with Gasteiger partial charge in [-0.3, -0.25) is 4.68 Å². The highest BCUT2D eigenvalue weighted by Gasteiger charge is 2.10. The van der Waals surface area contributed by atoms with E-state index in [0.29, 0.717) is 11.2 Å². The van der Waals surface area contributed by atoms with Crippen molar-refractivity contribution in [3.63, 3.8) is 0 Å². The zero-order valence-electron chi connectivity index (χ0n) is 10.5. The summed E-state index contributed by atoms with van der Waals surface area (Å²) >= 11 is 6.11. The van der Waals surface area contributed by atoms with Gasteiger partial charge in [-0.25, -0.2) is 0 Å². The highest BCUT2D eigenvalue weighted by Crippen LogP contribution is 2.22. The molecule has 1 unspecified atom stereocenters. The van der Waals surface area contributed by atoms with Crippen molar-refractivity contribution >= 4 is 22.5 Å². The van der Waals surface area contributed by atoms with Crippen LogP contribution in [0.1, 0.15) is 13.3 Å². The minimum Gasteiger partial charge on any atom is -0.307 e. The molecule has 0 radical (unpaired) electrons. The lowest BCUT2D eigenvalue weighted by Gasteiger charge is -2.19. The lowest BCUT2D eigenvalue weighted by atomic mass is 10.2.